The van der Waals surface area contributed by atoms with Crippen molar-refractivity contribution in [1.29, 1.82) is 0 Å². The lowest BCUT2D eigenvalue weighted by Gasteiger charge is -2.27. The summed E-state index contributed by atoms with van der Waals surface area (Å²) in [7, 11) is 0. The van der Waals surface area contributed by atoms with Crippen LogP contribution in [0.1, 0.15) is 31.4 Å². The molecule has 1 aromatic carbocycles. The van der Waals surface area contributed by atoms with Crippen LogP contribution in [0, 0.1) is 6.92 Å². The van der Waals surface area contributed by atoms with E-state index in [0.717, 1.165) is 11.1 Å². The van der Waals surface area contributed by atoms with Gasteiger partial charge in [-0.2, -0.15) is 0 Å². The molecule has 0 fully saturated rings. The Hall–Kier alpha value is -1.84. The number of benzene rings is 1. The second-order valence-electron chi connectivity index (χ2n) is 4.79. The van der Waals surface area contributed by atoms with E-state index >= 15 is 0 Å². The molecular weight excluding hydrogens is 242 g/mol. The molecule has 0 aliphatic carbocycles. The monoisotopic (exact) mass is 263 g/mol. The van der Waals surface area contributed by atoms with Crippen LogP contribution in [-0.2, 0) is 16.0 Å². The number of carbonyl (C=O) groups excluding carboxylic acids is 1. The van der Waals surface area contributed by atoms with Gasteiger partial charge in [0.05, 0.1) is 12.8 Å². The van der Waals surface area contributed by atoms with Crippen molar-refractivity contribution >= 4 is 11.9 Å². The molecule has 1 atom stereocenters. The number of carboxylic acid groups (broad SMARTS) is 1. The molecule has 0 spiro atoms. The first-order valence-corrected chi connectivity index (χ1v) is 6.50. The zero-order valence-corrected chi connectivity index (χ0v) is 11.7. The van der Waals surface area contributed by atoms with Crippen LogP contribution in [0.4, 0.5) is 0 Å². The van der Waals surface area contributed by atoms with Gasteiger partial charge >= 0.3 is 5.97 Å². The van der Waals surface area contributed by atoms with Crippen molar-refractivity contribution in [3.63, 3.8) is 0 Å². The maximum absolute atomic E-state index is 12.2. The van der Waals surface area contributed by atoms with E-state index in [1.54, 1.807) is 11.8 Å². The molecule has 0 heterocycles. The standard InChI is InChI=1S/C15H21NO3/c1-4-16(12(3)9-15(18)19)14(17)10-13-7-5-6-11(2)8-13/h5-8,12H,4,9-10H2,1-3H3,(H,18,19). The molecule has 0 aromatic heterocycles. The van der Waals surface area contributed by atoms with E-state index in [2.05, 4.69) is 0 Å². The molecule has 0 saturated heterocycles. The fraction of sp³-hybridized carbons (Fsp3) is 0.467. The van der Waals surface area contributed by atoms with Crippen LogP contribution in [0.2, 0.25) is 0 Å². The SMILES string of the molecule is CCN(C(=O)Cc1cccc(C)c1)C(C)CC(=O)O. The maximum atomic E-state index is 12.2. The Morgan fingerprint density at radius 1 is 1.37 bits per heavy atom. The minimum atomic E-state index is -0.880. The maximum Gasteiger partial charge on any atom is 0.305 e. The first-order chi connectivity index (χ1) is 8.93. The minimum absolute atomic E-state index is 0.0204. The van der Waals surface area contributed by atoms with Gasteiger partial charge < -0.3 is 10.0 Å². The van der Waals surface area contributed by atoms with Gasteiger partial charge in [-0.3, -0.25) is 9.59 Å². The highest BCUT2D eigenvalue weighted by molar-refractivity contribution is 5.80. The van der Waals surface area contributed by atoms with Gasteiger partial charge in [0.25, 0.3) is 0 Å². The van der Waals surface area contributed by atoms with Crippen molar-refractivity contribution < 1.29 is 14.7 Å². The second-order valence-corrected chi connectivity index (χ2v) is 4.79. The van der Waals surface area contributed by atoms with Crippen LogP contribution in [0.15, 0.2) is 24.3 Å². The fourth-order valence-electron chi connectivity index (χ4n) is 2.20. The average molecular weight is 263 g/mol. The number of carboxylic acids is 1. The summed E-state index contributed by atoms with van der Waals surface area (Å²) in [5.74, 6) is -0.906. The second kappa shape index (κ2) is 6.92. The largest absolute Gasteiger partial charge is 0.481 e. The van der Waals surface area contributed by atoms with Crippen molar-refractivity contribution in [2.24, 2.45) is 0 Å². The van der Waals surface area contributed by atoms with E-state index in [0.29, 0.717) is 13.0 Å². The van der Waals surface area contributed by atoms with Crippen LogP contribution in [0.3, 0.4) is 0 Å². The third-order valence-electron chi connectivity index (χ3n) is 3.10. The van der Waals surface area contributed by atoms with Crippen molar-refractivity contribution in [2.75, 3.05) is 6.54 Å². The number of hydrogen-bond donors (Lipinski definition) is 1. The summed E-state index contributed by atoms with van der Waals surface area (Å²) in [6.07, 6.45) is 0.298. The highest BCUT2D eigenvalue weighted by atomic mass is 16.4. The predicted molar refractivity (Wildman–Crippen MR) is 74.0 cm³/mol. The Kier molecular flexibility index (Phi) is 5.55. The molecule has 0 aliphatic heterocycles. The predicted octanol–water partition coefficient (Wildman–Crippen LogP) is 2.25. The lowest BCUT2D eigenvalue weighted by molar-refractivity contribution is -0.140. The van der Waals surface area contributed by atoms with E-state index in [9.17, 15) is 9.59 Å². The minimum Gasteiger partial charge on any atom is -0.481 e. The molecule has 1 amide bonds. The number of carbonyl (C=O) groups is 2. The van der Waals surface area contributed by atoms with Crippen molar-refractivity contribution in [1.82, 2.24) is 4.90 Å². The van der Waals surface area contributed by atoms with Gasteiger partial charge in [-0.15, -0.1) is 0 Å². The van der Waals surface area contributed by atoms with E-state index < -0.39 is 5.97 Å². The molecule has 4 nitrogen and oxygen atoms in total. The highest BCUT2D eigenvalue weighted by Gasteiger charge is 2.20. The zero-order valence-electron chi connectivity index (χ0n) is 11.7. The molecule has 0 saturated carbocycles. The van der Waals surface area contributed by atoms with E-state index in [1.807, 2.05) is 38.1 Å². The van der Waals surface area contributed by atoms with Crippen LogP contribution in [-0.4, -0.2) is 34.5 Å². The third kappa shape index (κ3) is 4.73. The number of amides is 1. The third-order valence-corrected chi connectivity index (χ3v) is 3.10. The first kappa shape index (κ1) is 15.2. The number of aryl methyl sites for hydroxylation is 1. The van der Waals surface area contributed by atoms with E-state index in [1.165, 1.54) is 0 Å². The van der Waals surface area contributed by atoms with Gasteiger partial charge in [-0.1, -0.05) is 29.8 Å². The summed E-state index contributed by atoms with van der Waals surface area (Å²) in [6.45, 7) is 6.15. The summed E-state index contributed by atoms with van der Waals surface area (Å²) in [5.41, 5.74) is 2.08. The number of likely N-dealkylation sites (N-methyl/N-ethyl adjacent to an activating group) is 1. The quantitative estimate of drug-likeness (QED) is 0.856. The Morgan fingerprint density at radius 2 is 2.05 bits per heavy atom. The number of aliphatic carboxylic acids is 1. The van der Waals surface area contributed by atoms with Gasteiger partial charge in [0.1, 0.15) is 0 Å². The molecule has 4 heteroatoms. The smallest absolute Gasteiger partial charge is 0.305 e. The molecule has 1 unspecified atom stereocenters. The number of nitrogens with zero attached hydrogens (tertiary/aromatic N) is 1. The summed E-state index contributed by atoms with van der Waals surface area (Å²) in [4.78, 5) is 24.6. The van der Waals surface area contributed by atoms with E-state index in [-0.39, 0.29) is 18.4 Å². The van der Waals surface area contributed by atoms with Crippen molar-refractivity contribution in [2.45, 2.75) is 39.7 Å². The van der Waals surface area contributed by atoms with Gasteiger partial charge in [0.15, 0.2) is 0 Å². The molecule has 0 radical (unpaired) electrons. The highest BCUT2D eigenvalue weighted by Crippen LogP contribution is 2.10. The normalized spacial score (nSPS) is 11.9. The zero-order chi connectivity index (χ0) is 14.4. The topological polar surface area (TPSA) is 57.6 Å². The molecule has 104 valence electrons. The molecule has 1 aromatic rings. The average Bonchev–Trinajstić information content (AvgIpc) is 2.28. The van der Waals surface area contributed by atoms with Crippen LogP contribution >= 0.6 is 0 Å². The van der Waals surface area contributed by atoms with Gasteiger partial charge in [0, 0.05) is 12.6 Å². The van der Waals surface area contributed by atoms with Crippen LogP contribution in [0.5, 0.6) is 0 Å². The first-order valence-electron chi connectivity index (χ1n) is 6.50. The number of hydrogen-bond acceptors (Lipinski definition) is 2. The Balaban J connectivity index is 2.71. The van der Waals surface area contributed by atoms with Crippen molar-refractivity contribution in [3.05, 3.63) is 35.4 Å². The summed E-state index contributed by atoms with van der Waals surface area (Å²) < 4.78 is 0. The van der Waals surface area contributed by atoms with Gasteiger partial charge in [0.2, 0.25) is 5.91 Å². The molecule has 0 bridgehead atoms. The lowest BCUT2D eigenvalue weighted by atomic mass is 10.1. The Labute approximate surface area is 114 Å². The summed E-state index contributed by atoms with van der Waals surface area (Å²) in [6, 6.07) is 7.53. The summed E-state index contributed by atoms with van der Waals surface area (Å²) in [5, 5.41) is 8.80. The van der Waals surface area contributed by atoms with Crippen LogP contribution in [0.25, 0.3) is 0 Å². The molecule has 0 aliphatic rings. The van der Waals surface area contributed by atoms with Crippen LogP contribution < -0.4 is 0 Å². The lowest BCUT2D eigenvalue weighted by Crippen LogP contribution is -2.40. The van der Waals surface area contributed by atoms with Gasteiger partial charge in [-0.25, -0.2) is 0 Å². The summed E-state index contributed by atoms with van der Waals surface area (Å²) >= 11 is 0. The van der Waals surface area contributed by atoms with Crippen molar-refractivity contribution in [3.8, 4) is 0 Å². The molecule has 1 rings (SSSR count). The Bertz CT molecular complexity index is 456. The van der Waals surface area contributed by atoms with Gasteiger partial charge in [-0.05, 0) is 26.3 Å². The number of rotatable bonds is 6. The molecular formula is C15H21NO3. The molecule has 1 N–H and O–H groups in total. The molecule has 19 heavy (non-hydrogen) atoms. The van der Waals surface area contributed by atoms with E-state index in [4.69, 9.17) is 5.11 Å². The Morgan fingerprint density at radius 3 is 2.58 bits per heavy atom. The fourth-order valence-corrected chi connectivity index (χ4v) is 2.20.